The van der Waals surface area contributed by atoms with Gasteiger partial charge in [0.05, 0.1) is 25.4 Å². The number of rotatable bonds is 8. The highest BCUT2D eigenvalue weighted by Gasteiger charge is 2.16. The maximum Gasteiger partial charge on any atom is 0.0897 e. The van der Waals surface area contributed by atoms with E-state index in [-0.39, 0.29) is 12.1 Å². The van der Waals surface area contributed by atoms with E-state index in [1.54, 1.807) is 0 Å². The van der Waals surface area contributed by atoms with Crippen LogP contribution in [0.4, 0.5) is 0 Å². The third-order valence-corrected chi connectivity index (χ3v) is 3.95. The third-order valence-electron chi connectivity index (χ3n) is 3.95. The molecule has 0 radical (unpaired) electrons. The molecule has 0 aromatic heterocycles. The van der Waals surface area contributed by atoms with Gasteiger partial charge >= 0.3 is 0 Å². The quantitative estimate of drug-likeness (QED) is 0.771. The van der Waals surface area contributed by atoms with E-state index in [4.69, 9.17) is 9.47 Å². The Morgan fingerprint density at radius 1 is 1.43 bits per heavy atom. The lowest BCUT2D eigenvalue weighted by Gasteiger charge is -2.19. The predicted octanol–water partition coefficient (Wildman–Crippen LogP) is 2.20. The lowest BCUT2D eigenvalue weighted by Crippen LogP contribution is -2.33. The van der Waals surface area contributed by atoms with Crippen molar-refractivity contribution in [2.75, 3.05) is 26.4 Å². The molecule has 1 aliphatic heterocycles. The zero-order chi connectivity index (χ0) is 15.1. The van der Waals surface area contributed by atoms with Crippen LogP contribution in [-0.2, 0) is 9.47 Å². The molecule has 3 atom stereocenters. The maximum atomic E-state index is 9.96. The van der Waals surface area contributed by atoms with Crippen molar-refractivity contribution in [1.29, 1.82) is 0 Å². The van der Waals surface area contributed by atoms with Gasteiger partial charge in [0.15, 0.2) is 0 Å². The van der Waals surface area contributed by atoms with Gasteiger partial charge in [0.1, 0.15) is 0 Å². The Morgan fingerprint density at radius 3 is 2.95 bits per heavy atom. The van der Waals surface area contributed by atoms with Crippen LogP contribution in [0.5, 0.6) is 0 Å². The van der Waals surface area contributed by atoms with Crippen molar-refractivity contribution < 1.29 is 14.6 Å². The predicted molar refractivity (Wildman–Crippen MR) is 83.4 cm³/mol. The van der Waals surface area contributed by atoms with Crippen molar-refractivity contribution in [3.8, 4) is 0 Å². The van der Waals surface area contributed by atoms with Crippen molar-refractivity contribution in [1.82, 2.24) is 5.32 Å². The van der Waals surface area contributed by atoms with E-state index in [0.29, 0.717) is 19.8 Å². The first kappa shape index (κ1) is 16.4. The fraction of sp³-hybridized carbons (Fsp3) is 0.647. The molecule has 1 fully saturated rings. The van der Waals surface area contributed by atoms with Crippen LogP contribution in [0.3, 0.4) is 0 Å². The minimum absolute atomic E-state index is 0.219. The number of aliphatic hydroxyl groups excluding tert-OH is 1. The summed E-state index contributed by atoms with van der Waals surface area (Å²) in [4.78, 5) is 0. The first-order valence-electron chi connectivity index (χ1n) is 7.83. The number of aliphatic hydroxyl groups is 1. The normalized spacial score (nSPS) is 21.4. The van der Waals surface area contributed by atoms with Crippen LogP contribution in [0.15, 0.2) is 24.3 Å². The molecule has 2 rings (SSSR count). The largest absolute Gasteiger partial charge is 0.389 e. The molecule has 21 heavy (non-hydrogen) atoms. The second-order valence-corrected chi connectivity index (χ2v) is 5.81. The molecule has 1 saturated heterocycles. The second-order valence-electron chi connectivity index (χ2n) is 5.81. The Morgan fingerprint density at radius 2 is 2.24 bits per heavy atom. The summed E-state index contributed by atoms with van der Waals surface area (Å²) in [6, 6.07) is 8.53. The first-order valence-corrected chi connectivity index (χ1v) is 7.83. The van der Waals surface area contributed by atoms with E-state index in [2.05, 4.69) is 31.3 Å². The van der Waals surface area contributed by atoms with Crippen molar-refractivity contribution in [3.05, 3.63) is 35.4 Å². The molecule has 1 aromatic carbocycles. The lowest BCUT2D eigenvalue weighted by atomic mass is 10.0. The topological polar surface area (TPSA) is 50.7 Å². The Balaban J connectivity index is 1.63. The summed E-state index contributed by atoms with van der Waals surface area (Å²) in [6.45, 7) is 6.53. The van der Waals surface area contributed by atoms with Gasteiger partial charge in [0, 0.05) is 19.2 Å². The minimum atomic E-state index is -0.488. The molecular formula is C17H27NO3. The molecule has 0 amide bonds. The molecule has 0 bridgehead atoms. The molecule has 2 N–H and O–H groups in total. The van der Waals surface area contributed by atoms with Crippen molar-refractivity contribution in [3.63, 3.8) is 0 Å². The SMILES string of the molecule is Cc1ccccc1C(C)NCC(O)COCC1CCCO1. The van der Waals surface area contributed by atoms with Crippen LogP contribution in [-0.4, -0.2) is 43.7 Å². The minimum Gasteiger partial charge on any atom is -0.389 e. The number of ether oxygens (including phenoxy) is 2. The summed E-state index contributed by atoms with van der Waals surface area (Å²) in [7, 11) is 0. The zero-order valence-corrected chi connectivity index (χ0v) is 13.0. The van der Waals surface area contributed by atoms with Crippen LogP contribution < -0.4 is 5.32 Å². The van der Waals surface area contributed by atoms with Gasteiger partial charge < -0.3 is 19.9 Å². The number of benzene rings is 1. The summed E-state index contributed by atoms with van der Waals surface area (Å²) in [5, 5.41) is 13.3. The van der Waals surface area contributed by atoms with Crippen LogP contribution in [0.1, 0.15) is 36.9 Å². The highest BCUT2D eigenvalue weighted by atomic mass is 16.5. The fourth-order valence-electron chi connectivity index (χ4n) is 2.67. The molecule has 3 unspecified atom stereocenters. The average molecular weight is 293 g/mol. The smallest absolute Gasteiger partial charge is 0.0897 e. The van der Waals surface area contributed by atoms with Gasteiger partial charge in [-0.25, -0.2) is 0 Å². The first-order chi connectivity index (χ1) is 10.2. The van der Waals surface area contributed by atoms with Crippen LogP contribution in [0.25, 0.3) is 0 Å². The molecule has 4 nitrogen and oxygen atoms in total. The fourth-order valence-corrected chi connectivity index (χ4v) is 2.67. The molecule has 1 heterocycles. The van der Waals surface area contributed by atoms with Crippen molar-refractivity contribution in [2.45, 2.75) is 44.9 Å². The molecule has 4 heteroatoms. The molecule has 1 aromatic rings. The third kappa shape index (κ3) is 5.40. The summed E-state index contributed by atoms with van der Waals surface area (Å²) in [5.74, 6) is 0. The summed E-state index contributed by atoms with van der Waals surface area (Å²) < 4.78 is 11.0. The van der Waals surface area contributed by atoms with Crippen LogP contribution >= 0.6 is 0 Å². The van der Waals surface area contributed by atoms with Crippen molar-refractivity contribution in [2.24, 2.45) is 0 Å². The van der Waals surface area contributed by atoms with Gasteiger partial charge in [-0.2, -0.15) is 0 Å². The molecule has 0 aliphatic carbocycles. The summed E-state index contributed by atoms with van der Waals surface area (Å²) in [6.07, 6.45) is 1.92. The zero-order valence-electron chi connectivity index (χ0n) is 13.0. The molecule has 0 saturated carbocycles. The lowest BCUT2D eigenvalue weighted by molar-refractivity contribution is -0.0168. The van der Waals surface area contributed by atoms with E-state index in [0.717, 1.165) is 19.4 Å². The van der Waals surface area contributed by atoms with E-state index in [1.807, 2.05) is 12.1 Å². The van der Waals surface area contributed by atoms with E-state index in [9.17, 15) is 5.11 Å². The van der Waals surface area contributed by atoms with Crippen LogP contribution in [0, 0.1) is 6.92 Å². The van der Waals surface area contributed by atoms with Gasteiger partial charge in [0.25, 0.3) is 0 Å². The Kier molecular flexibility index (Phi) is 6.64. The van der Waals surface area contributed by atoms with E-state index < -0.39 is 6.10 Å². The molecule has 1 aliphatic rings. The average Bonchev–Trinajstić information content (AvgIpc) is 2.98. The Hall–Kier alpha value is -0.940. The van der Waals surface area contributed by atoms with Crippen molar-refractivity contribution >= 4 is 0 Å². The molecule has 118 valence electrons. The Bertz CT molecular complexity index is 418. The van der Waals surface area contributed by atoms with Gasteiger partial charge in [-0.05, 0) is 37.8 Å². The molecular weight excluding hydrogens is 266 g/mol. The summed E-state index contributed by atoms with van der Waals surface area (Å²) >= 11 is 0. The van der Waals surface area contributed by atoms with Gasteiger partial charge in [0.2, 0.25) is 0 Å². The number of nitrogens with one attached hydrogen (secondary N) is 1. The maximum absolute atomic E-state index is 9.96. The van der Waals surface area contributed by atoms with Gasteiger partial charge in [-0.3, -0.25) is 0 Å². The van der Waals surface area contributed by atoms with E-state index in [1.165, 1.54) is 11.1 Å². The molecule has 0 spiro atoms. The highest BCUT2D eigenvalue weighted by Crippen LogP contribution is 2.16. The van der Waals surface area contributed by atoms with Crippen LogP contribution in [0.2, 0.25) is 0 Å². The highest BCUT2D eigenvalue weighted by molar-refractivity contribution is 5.28. The van der Waals surface area contributed by atoms with E-state index >= 15 is 0 Å². The summed E-state index contributed by atoms with van der Waals surface area (Å²) in [5.41, 5.74) is 2.53. The second kappa shape index (κ2) is 8.49. The number of hydrogen-bond donors (Lipinski definition) is 2. The number of aryl methyl sites for hydroxylation is 1. The monoisotopic (exact) mass is 293 g/mol. The number of hydrogen-bond acceptors (Lipinski definition) is 4. The van der Waals surface area contributed by atoms with Gasteiger partial charge in [-0.1, -0.05) is 24.3 Å². The Labute approximate surface area is 127 Å². The van der Waals surface area contributed by atoms with Gasteiger partial charge in [-0.15, -0.1) is 0 Å². The standard InChI is InChI=1S/C17H27NO3/c1-13-6-3-4-8-17(13)14(2)18-10-15(19)11-20-12-16-7-5-9-21-16/h3-4,6,8,14-16,18-19H,5,7,9-12H2,1-2H3.